The van der Waals surface area contributed by atoms with E-state index in [-0.39, 0.29) is 0 Å². The Morgan fingerprint density at radius 1 is 1.41 bits per heavy atom. The van der Waals surface area contributed by atoms with Gasteiger partial charge in [0.25, 0.3) is 0 Å². The number of benzene rings is 1. The Morgan fingerprint density at radius 2 is 2.24 bits per heavy atom. The fourth-order valence-electron chi connectivity index (χ4n) is 2.53. The lowest BCUT2D eigenvalue weighted by Gasteiger charge is -2.20. The first kappa shape index (κ1) is 12.4. The van der Waals surface area contributed by atoms with Crippen molar-refractivity contribution in [3.05, 3.63) is 28.8 Å². The molecule has 0 aliphatic carbocycles. The van der Waals surface area contributed by atoms with Gasteiger partial charge in [0.05, 0.1) is 6.61 Å². The minimum absolute atomic E-state index is 0.384. The molecule has 3 N–H and O–H groups in total. The zero-order valence-corrected chi connectivity index (χ0v) is 10.8. The fourth-order valence-corrected chi connectivity index (χ4v) is 2.53. The first-order valence-corrected chi connectivity index (χ1v) is 6.39. The van der Waals surface area contributed by atoms with Crippen LogP contribution in [0.4, 0.5) is 0 Å². The predicted molar refractivity (Wildman–Crippen MR) is 70.4 cm³/mol. The number of aryl methyl sites for hydroxylation is 2. The summed E-state index contributed by atoms with van der Waals surface area (Å²) in [5.74, 6) is 1.07. The normalized spacial score (nSPS) is 19.4. The van der Waals surface area contributed by atoms with Crippen LogP contribution in [0.25, 0.3) is 0 Å². The zero-order valence-electron chi connectivity index (χ0n) is 10.8. The molecule has 1 aliphatic heterocycles. The van der Waals surface area contributed by atoms with E-state index in [1.807, 2.05) is 0 Å². The van der Waals surface area contributed by atoms with Gasteiger partial charge in [-0.25, -0.2) is 0 Å². The molecule has 0 saturated heterocycles. The van der Waals surface area contributed by atoms with Gasteiger partial charge in [0.2, 0.25) is 0 Å². The van der Waals surface area contributed by atoms with Crippen LogP contribution < -0.4 is 15.8 Å². The molecule has 0 bridgehead atoms. The van der Waals surface area contributed by atoms with Gasteiger partial charge >= 0.3 is 0 Å². The van der Waals surface area contributed by atoms with Gasteiger partial charge in [-0.3, -0.25) is 0 Å². The van der Waals surface area contributed by atoms with Gasteiger partial charge in [0, 0.05) is 24.7 Å². The van der Waals surface area contributed by atoms with E-state index in [1.165, 1.54) is 16.7 Å². The van der Waals surface area contributed by atoms with E-state index in [1.54, 1.807) is 0 Å². The highest BCUT2D eigenvalue weighted by molar-refractivity contribution is 5.46. The van der Waals surface area contributed by atoms with E-state index in [9.17, 15) is 0 Å². The zero-order chi connectivity index (χ0) is 12.3. The van der Waals surface area contributed by atoms with Gasteiger partial charge in [-0.05, 0) is 32.3 Å². The quantitative estimate of drug-likeness (QED) is 0.841. The highest BCUT2D eigenvalue weighted by Crippen LogP contribution is 2.34. The lowest BCUT2D eigenvalue weighted by Crippen LogP contribution is -2.27. The number of fused-ring (bicyclic) bond motifs is 1. The van der Waals surface area contributed by atoms with Gasteiger partial charge in [0.15, 0.2) is 0 Å². The molecular weight excluding hydrogens is 212 g/mol. The van der Waals surface area contributed by atoms with E-state index < -0.39 is 0 Å². The molecule has 0 spiro atoms. The molecule has 1 unspecified atom stereocenters. The maximum atomic E-state index is 5.87. The highest BCUT2D eigenvalue weighted by Gasteiger charge is 2.20. The van der Waals surface area contributed by atoms with Crippen molar-refractivity contribution in [2.24, 2.45) is 5.73 Å². The molecule has 0 fully saturated rings. The predicted octanol–water partition coefficient (Wildman–Crippen LogP) is 2.07. The number of hydrogen-bond donors (Lipinski definition) is 2. The van der Waals surface area contributed by atoms with E-state index >= 15 is 0 Å². The van der Waals surface area contributed by atoms with Crippen LogP contribution in [-0.4, -0.2) is 19.7 Å². The van der Waals surface area contributed by atoms with Crippen molar-refractivity contribution in [2.75, 3.05) is 19.7 Å². The van der Waals surface area contributed by atoms with E-state index in [0.29, 0.717) is 12.6 Å². The van der Waals surface area contributed by atoms with Crippen LogP contribution >= 0.6 is 0 Å². The molecule has 3 heteroatoms. The van der Waals surface area contributed by atoms with E-state index in [2.05, 4.69) is 31.3 Å². The molecule has 0 radical (unpaired) electrons. The number of rotatable bonds is 3. The Morgan fingerprint density at radius 3 is 3.00 bits per heavy atom. The molecule has 1 heterocycles. The first-order chi connectivity index (χ1) is 8.22. The van der Waals surface area contributed by atoms with Crippen molar-refractivity contribution < 1.29 is 4.74 Å². The monoisotopic (exact) mass is 234 g/mol. The summed E-state index contributed by atoms with van der Waals surface area (Å²) in [6, 6.07) is 4.81. The van der Waals surface area contributed by atoms with Crippen molar-refractivity contribution in [3.63, 3.8) is 0 Å². The molecule has 1 aliphatic rings. The first-order valence-electron chi connectivity index (χ1n) is 6.39. The van der Waals surface area contributed by atoms with E-state index in [4.69, 9.17) is 10.5 Å². The number of nitrogens with one attached hydrogen (secondary N) is 1. The van der Waals surface area contributed by atoms with Gasteiger partial charge in [-0.1, -0.05) is 17.7 Å². The van der Waals surface area contributed by atoms with Gasteiger partial charge in [0.1, 0.15) is 5.75 Å². The third kappa shape index (κ3) is 2.79. The second-order valence-electron chi connectivity index (χ2n) is 4.79. The fraction of sp³-hybridized carbons (Fsp3) is 0.571. The van der Waals surface area contributed by atoms with Crippen LogP contribution in [0.15, 0.2) is 12.1 Å². The van der Waals surface area contributed by atoms with Gasteiger partial charge in [-0.15, -0.1) is 0 Å². The summed E-state index contributed by atoms with van der Waals surface area (Å²) in [5.41, 5.74) is 9.41. The molecule has 3 nitrogen and oxygen atoms in total. The Kier molecular flexibility index (Phi) is 4.02. The van der Waals surface area contributed by atoms with E-state index in [0.717, 1.165) is 31.7 Å². The Bertz CT molecular complexity index is 390. The maximum Gasteiger partial charge on any atom is 0.126 e. The minimum atomic E-state index is 0.384. The average Bonchev–Trinajstić information content (AvgIpc) is 2.49. The molecule has 94 valence electrons. The molecule has 17 heavy (non-hydrogen) atoms. The summed E-state index contributed by atoms with van der Waals surface area (Å²) < 4.78 is 5.87. The second-order valence-corrected chi connectivity index (χ2v) is 4.79. The summed E-state index contributed by atoms with van der Waals surface area (Å²) in [6.07, 6.45) is 2.21. The molecule has 1 aromatic carbocycles. The third-order valence-electron chi connectivity index (χ3n) is 3.24. The maximum absolute atomic E-state index is 5.87. The highest BCUT2D eigenvalue weighted by atomic mass is 16.5. The summed E-state index contributed by atoms with van der Waals surface area (Å²) >= 11 is 0. The smallest absolute Gasteiger partial charge is 0.126 e. The molecule has 2 rings (SSSR count). The van der Waals surface area contributed by atoms with Crippen molar-refractivity contribution in [3.8, 4) is 5.75 Å². The van der Waals surface area contributed by atoms with Crippen LogP contribution in [0.3, 0.4) is 0 Å². The van der Waals surface area contributed by atoms with Crippen LogP contribution in [0.2, 0.25) is 0 Å². The van der Waals surface area contributed by atoms with Crippen molar-refractivity contribution in [1.82, 2.24) is 5.32 Å². The third-order valence-corrected chi connectivity index (χ3v) is 3.24. The number of ether oxygens (including phenoxy) is 1. The summed E-state index contributed by atoms with van der Waals surface area (Å²) in [6.45, 7) is 6.61. The molecule has 0 aromatic heterocycles. The lowest BCUT2D eigenvalue weighted by molar-refractivity contribution is 0.313. The Balaban J connectivity index is 2.33. The summed E-state index contributed by atoms with van der Waals surface area (Å²) in [4.78, 5) is 0. The molecule has 0 saturated carbocycles. The SMILES string of the molecule is Cc1cc(C)c2c(c1)C(NCCN)CCCO2. The van der Waals surface area contributed by atoms with Crippen molar-refractivity contribution in [2.45, 2.75) is 32.7 Å². The minimum Gasteiger partial charge on any atom is -0.493 e. The largest absolute Gasteiger partial charge is 0.493 e. The number of nitrogens with two attached hydrogens (primary N) is 1. The van der Waals surface area contributed by atoms with Crippen LogP contribution in [0.1, 0.15) is 35.6 Å². The van der Waals surface area contributed by atoms with Crippen LogP contribution in [0.5, 0.6) is 5.75 Å². The second kappa shape index (κ2) is 5.52. The summed E-state index contributed by atoms with van der Waals surface area (Å²) in [5, 5.41) is 3.52. The van der Waals surface area contributed by atoms with Crippen LogP contribution in [0, 0.1) is 13.8 Å². The Labute approximate surface area is 103 Å². The molecule has 1 aromatic rings. The van der Waals surface area contributed by atoms with Crippen LogP contribution in [-0.2, 0) is 0 Å². The standard InChI is InChI=1S/C14H22N2O/c1-10-8-11(2)14-12(9-10)13(16-6-5-15)4-3-7-17-14/h8-9,13,16H,3-7,15H2,1-2H3. The molecule has 1 atom stereocenters. The van der Waals surface area contributed by atoms with Gasteiger partial charge in [-0.2, -0.15) is 0 Å². The average molecular weight is 234 g/mol. The molecule has 0 amide bonds. The summed E-state index contributed by atoms with van der Waals surface area (Å²) in [7, 11) is 0. The Hall–Kier alpha value is -1.06. The molecular formula is C14H22N2O. The lowest BCUT2D eigenvalue weighted by atomic mass is 9.97. The van der Waals surface area contributed by atoms with Crippen molar-refractivity contribution >= 4 is 0 Å². The number of hydrogen-bond acceptors (Lipinski definition) is 3. The van der Waals surface area contributed by atoms with Gasteiger partial charge < -0.3 is 15.8 Å². The topological polar surface area (TPSA) is 47.3 Å². The van der Waals surface area contributed by atoms with Crippen molar-refractivity contribution in [1.29, 1.82) is 0 Å².